The van der Waals surface area contributed by atoms with Crippen molar-refractivity contribution in [2.24, 2.45) is 0 Å². The molecule has 0 amide bonds. The molecule has 0 fully saturated rings. The highest BCUT2D eigenvalue weighted by atomic mass is 19.2. The van der Waals surface area contributed by atoms with E-state index in [2.05, 4.69) is 18.8 Å². The number of unbranched alkanes of at least 4 members (excludes halogenated alkanes) is 3. The van der Waals surface area contributed by atoms with Gasteiger partial charge in [0.15, 0.2) is 17.4 Å². The van der Waals surface area contributed by atoms with Gasteiger partial charge in [0.2, 0.25) is 11.6 Å². The maximum Gasteiger partial charge on any atom is 0.205 e. The van der Waals surface area contributed by atoms with Gasteiger partial charge < -0.3 is 9.47 Å². The van der Waals surface area contributed by atoms with Crippen LogP contribution in [0, 0.1) is 58.6 Å². The van der Waals surface area contributed by atoms with Gasteiger partial charge in [0.05, 0.1) is 18.8 Å². The molecule has 0 aliphatic rings. The molecule has 39 heavy (non-hydrogen) atoms. The Morgan fingerprint density at radius 1 is 0.564 bits per heavy atom. The number of hydrogen-bond acceptors (Lipinski definition) is 2. The number of rotatable bonds is 9. The van der Waals surface area contributed by atoms with Crippen LogP contribution in [0.25, 0.3) is 0 Å². The van der Waals surface area contributed by atoms with E-state index >= 15 is 0 Å². The summed E-state index contributed by atoms with van der Waals surface area (Å²) in [4.78, 5) is 0. The fraction of sp³-hybridized carbons (Fsp3) is 0.290. The molecule has 204 valence electrons. The minimum absolute atomic E-state index is 0.0153. The van der Waals surface area contributed by atoms with Crippen LogP contribution in [0.2, 0.25) is 0 Å². The Kier molecular flexibility index (Phi) is 10.8. The lowest BCUT2D eigenvalue weighted by molar-refractivity contribution is 0.266. The van der Waals surface area contributed by atoms with Crippen molar-refractivity contribution >= 4 is 0 Å². The molecule has 3 aromatic rings. The number of halogens is 6. The maximum atomic E-state index is 14.6. The predicted molar refractivity (Wildman–Crippen MR) is 136 cm³/mol. The van der Waals surface area contributed by atoms with Crippen LogP contribution < -0.4 is 9.47 Å². The topological polar surface area (TPSA) is 18.5 Å². The van der Waals surface area contributed by atoms with Gasteiger partial charge in [-0.2, -0.15) is 8.78 Å². The summed E-state index contributed by atoms with van der Waals surface area (Å²) < 4.78 is 96.9. The van der Waals surface area contributed by atoms with Crippen LogP contribution in [0.4, 0.5) is 26.3 Å². The molecule has 3 rings (SSSR count). The molecule has 0 spiro atoms. The minimum atomic E-state index is -1.83. The van der Waals surface area contributed by atoms with E-state index in [-0.39, 0.29) is 12.2 Å². The molecule has 0 radical (unpaired) electrons. The summed E-state index contributed by atoms with van der Waals surface area (Å²) in [6, 6.07) is 8.67. The van der Waals surface area contributed by atoms with Gasteiger partial charge in [0.1, 0.15) is 22.9 Å². The molecule has 0 unspecified atom stereocenters. The first-order valence-corrected chi connectivity index (χ1v) is 12.5. The smallest absolute Gasteiger partial charge is 0.205 e. The van der Waals surface area contributed by atoms with E-state index in [1.54, 1.807) is 37.1 Å². The van der Waals surface area contributed by atoms with Crippen molar-refractivity contribution in [3.05, 3.63) is 93.6 Å². The van der Waals surface area contributed by atoms with E-state index < -0.39 is 51.8 Å². The molecule has 0 saturated carbocycles. The van der Waals surface area contributed by atoms with Crippen molar-refractivity contribution in [3.8, 4) is 35.2 Å². The van der Waals surface area contributed by atoms with E-state index in [0.717, 1.165) is 31.4 Å². The summed E-state index contributed by atoms with van der Waals surface area (Å²) in [6.07, 6.45) is 4.15. The van der Waals surface area contributed by atoms with Gasteiger partial charge in [-0.25, -0.2) is 17.6 Å². The van der Waals surface area contributed by atoms with Crippen molar-refractivity contribution < 1.29 is 35.8 Å². The molecule has 0 saturated heterocycles. The lowest BCUT2D eigenvalue weighted by Crippen LogP contribution is -2.07. The van der Waals surface area contributed by atoms with Gasteiger partial charge in [-0.15, -0.1) is 0 Å². The van der Waals surface area contributed by atoms with Gasteiger partial charge in [0, 0.05) is 11.1 Å². The van der Waals surface area contributed by atoms with Gasteiger partial charge in [-0.3, -0.25) is 0 Å². The van der Waals surface area contributed by atoms with Gasteiger partial charge in [-0.1, -0.05) is 56.8 Å². The third kappa shape index (κ3) is 7.74. The van der Waals surface area contributed by atoms with E-state index in [1.807, 2.05) is 5.92 Å². The highest BCUT2D eigenvalue weighted by Gasteiger charge is 2.26. The Bertz CT molecular complexity index is 1370. The van der Waals surface area contributed by atoms with Crippen LogP contribution in [-0.4, -0.2) is 13.2 Å². The first-order chi connectivity index (χ1) is 18.8. The average Bonchev–Trinajstić information content (AvgIpc) is 2.92. The lowest BCUT2D eigenvalue weighted by Gasteiger charge is -2.10. The van der Waals surface area contributed by atoms with Crippen LogP contribution in [-0.2, 0) is 0 Å². The largest absolute Gasteiger partial charge is 0.494 e. The summed E-state index contributed by atoms with van der Waals surface area (Å²) in [5.41, 5.74) is -1.59. The van der Waals surface area contributed by atoms with E-state index in [0.29, 0.717) is 30.8 Å². The van der Waals surface area contributed by atoms with Crippen molar-refractivity contribution in [2.45, 2.75) is 46.0 Å². The van der Waals surface area contributed by atoms with Gasteiger partial charge in [0.25, 0.3) is 0 Å². The second-order valence-corrected chi connectivity index (χ2v) is 8.56. The Morgan fingerprint density at radius 2 is 1.10 bits per heavy atom. The summed E-state index contributed by atoms with van der Waals surface area (Å²) >= 11 is 0. The fourth-order valence-corrected chi connectivity index (χ4v) is 3.38. The van der Waals surface area contributed by atoms with Crippen molar-refractivity contribution in [1.82, 2.24) is 0 Å². The fourth-order valence-electron chi connectivity index (χ4n) is 3.38. The molecular weight excluding hydrogens is 518 g/mol. The molecule has 0 heterocycles. The number of ether oxygens (including phenoxy) is 2. The van der Waals surface area contributed by atoms with E-state index in [9.17, 15) is 26.3 Å². The quantitative estimate of drug-likeness (QED) is 0.117. The zero-order chi connectivity index (χ0) is 28.4. The molecule has 0 aromatic heterocycles. The highest BCUT2D eigenvalue weighted by molar-refractivity contribution is 5.51. The van der Waals surface area contributed by atoms with Crippen LogP contribution in [0.5, 0.6) is 11.5 Å². The SMILES string of the molecule is CCCCCOc1ccc(C#Cc2cc(F)c(C#Cc3c(F)c(F)c(OCCCC)c(F)c3F)c(F)c2)cc1. The van der Waals surface area contributed by atoms with Crippen molar-refractivity contribution in [3.63, 3.8) is 0 Å². The zero-order valence-electron chi connectivity index (χ0n) is 21.5. The second kappa shape index (κ2) is 14.2. The van der Waals surface area contributed by atoms with Crippen LogP contribution in [0.1, 0.15) is 68.2 Å². The molecule has 3 aromatic carbocycles. The number of hydrogen-bond donors (Lipinski definition) is 0. The number of benzene rings is 3. The Balaban J connectivity index is 1.80. The summed E-state index contributed by atoms with van der Waals surface area (Å²) in [7, 11) is 0. The predicted octanol–water partition coefficient (Wildman–Crippen LogP) is 8.07. The molecule has 2 nitrogen and oxygen atoms in total. The van der Waals surface area contributed by atoms with Gasteiger partial charge in [-0.05, 0) is 49.2 Å². The third-order valence-electron chi connectivity index (χ3n) is 5.54. The first-order valence-electron chi connectivity index (χ1n) is 12.5. The maximum absolute atomic E-state index is 14.6. The Labute approximate surface area is 224 Å². The molecule has 0 N–H and O–H groups in total. The van der Waals surface area contributed by atoms with Crippen LogP contribution in [0.15, 0.2) is 36.4 Å². The second-order valence-electron chi connectivity index (χ2n) is 8.56. The Hall–Kier alpha value is -4.04. The Morgan fingerprint density at radius 3 is 1.69 bits per heavy atom. The molecule has 0 aliphatic heterocycles. The standard InChI is InChI=1S/C31H26F6O2/c1-3-5-7-17-38-22-12-10-20(11-13-22)8-9-21-18-25(32)23(26(33)19-21)14-15-24-27(34)29(36)31(30(37)28(24)35)39-16-6-4-2/h10-13,18-19H,3-7,16-17H2,1-2H3. The van der Waals surface area contributed by atoms with E-state index in [1.165, 1.54) is 0 Å². The highest BCUT2D eigenvalue weighted by Crippen LogP contribution is 2.30. The summed E-state index contributed by atoms with van der Waals surface area (Å²) in [6.45, 7) is 4.34. The average molecular weight is 545 g/mol. The monoisotopic (exact) mass is 544 g/mol. The molecular formula is C31H26F6O2. The zero-order valence-corrected chi connectivity index (χ0v) is 21.5. The third-order valence-corrected chi connectivity index (χ3v) is 5.54. The molecule has 0 atom stereocenters. The van der Waals surface area contributed by atoms with Crippen molar-refractivity contribution in [1.29, 1.82) is 0 Å². The first kappa shape index (κ1) is 29.5. The van der Waals surface area contributed by atoms with Gasteiger partial charge >= 0.3 is 0 Å². The summed E-state index contributed by atoms with van der Waals surface area (Å²) in [5, 5.41) is 0. The van der Waals surface area contributed by atoms with Crippen LogP contribution in [0.3, 0.4) is 0 Å². The van der Waals surface area contributed by atoms with E-state index in [4.69, 9.17) is 9.47 Å². The molecule has 8 heteroatoms. The molecule has 0 bridgehead atoms. The molecule has 0 aliphatic carbocycles. The van der Waals surface area contributed by atoms with Crippen molar-refractivity contribution in [2.75, 3.05) is 13.2 Å². The summed E-state index contributed by atoms with van der Waals surface area (Å²) in [5.74, 6) is -0.939. The lowest BCUT2D eigenvalue weighted by atomic mass is 10.1. The normalized spacial score (nSPS) is 10.4. The van der Waals surface area contributed by atoms with Crippen LogP contribution >= 0.6 is 0 Å². The minimum Gasteiger partial charge on any atom is -0.494 e.